The summed E-state index contributed by atoms with van der Waals surface area (Å²) in [6.45, 7) is 2.62. The molecule has 0 bridgehead atoms. The summed E-state index contributed by atoms with van der Waals surface area (Å²) < 4.78 is 0. The first kappa shape index (κ1) is 11.5. The zero-order chi connectivity index (χ0) is 12.3. The van der Waals surface area contributed by atoms with E-state index in [1.54, 1.807) is 12.1 Å². The summed E-state index contributed by atoms with van der Waals surface area (Å²) in [5.74, 6) is 0.537. The van der Waals surface area contributed by atoms with Crippen molar-refractivity contribution in [3.05, 3.63) is 29.3 Å². The van der Waals surface area contributed by atoms with Crippen LogP contribution in [-0.4, -0.2) is 11.6 Å². The van der Waals surface area contributed by atoms with Gasteiger partial charge in [-0.25, -0.2) is 9.78 Å². The normalized spacial score (nSPS) is 10.6. The largest absolute Gasteiger partial charge is 0.385 e. The van der Waals surface area contributed by atoms with Gasteiger partial charge in [0.15, 0.2) is 0 Å². The zero-order valence-corrected chi connectivity index (χ0v) is 9.49. The first-order chi connectivity index (χ1) is 8.26. The smallest absolute Gasteiger partial charge is 0.111 e. The summed E-state index contributed by atoms with van der Waals surface area (Å²) in [4.78, 5) is 12.9. The number of nitrogens with zero attached hydrogens (tertiary/aromatic N) is 1. The van der Waals surface area contributed by atoms with Crippen molar-refractivity contribution in [2.45, 2.75) is 13.5 Å². The number of nitrogen functional groups attached to an aromatic ring is 1. The van der Waals surface area contributed by atoms with Crippen molar-refractivity contribution < 1.29 is 9.78 Å². The molecule has 0 spiro atoms. The van der Waals surface area contributed by atoms with Crippen LogP contribution in [-0.2, 0) is 16.4 Å². The molecule has 0 radical (unpaired) electrons. The van der Waals surface area contributed by atoms with Crippen LogP contribution in [0, 0.1) is 11.3 Å². The molecule has 5 heteroatoms. The Hall–Kier alpha value is -2.03. The fourth-order valence-corrected chi connectivity index (χ4v) is 1.69. The first-order valence-corrected chi connectivity index (χ1v) is 5.30. The van der Waals surface area contributed by atoms with Gasteiger partial charge in [0.05, 0.1) is 18.2 Å². The molecule has 0 aliphatic rings. The van der Waals surface area contributed by atoms with Gasteiger partial charge in [-0.1, -0.05) is 6.07 Å². The molecule has 0 aliphatic heterocycles. The second-order valence-corrected chi connectivity index (χ2v) is 3.56. The quantitative estimate of drug-likeness (QED) is 0.479. The van der Waals surface area contributed by atoms with Crippen molar-refractivity contribution in [3.63, 3.8) is 0 Å². The SMILES string of the molecule is CCOOCc1c(N)[nH]c2cc(C#N)ccc12. The topological polar surface area (TPSA) is 84.1 Å². The van der Waals surface area contributed by atoms with Crippen LogP contribution in [0.1, 0.15) is 18.1 Å². The third-order valence-corrected chi connectivity index (χ3v) is 2.47. The monoisotopic (exact) mass is 231 g/mol. The van der Waals surface area contributed by atoms with Gasteiger partial charge in [-0.15, -0.1) is 0 Å². The molecule has 0 fully saturated rings. The van der Waals surface area contributed by atoms with Gasteiger partial charge in [-0.05, 0) is 19.1 Å². The summed E-state index contributed by atoms with van der Waals surface area (Å²) >= 11 is 0. The van der Waals surface area contributed by atoms with Crippen LogP contribution in [0.15, 0.2) is 18.2 Å². The van der Waals surface area contributed by atoms with Crippen molar-refractivity contribution in [1.29, 1.82) is 5.26 Å². The van der Waals surface area contributed by atoms with E-state index in [0.717, 1.165) is 16.5 Å². The van der Waals surface area contributed by atoms with Crippen LogP contribution in [0.5, 0.6) is 0 Å². The highest BCUT2D eigenvalue weighted by Gasteiger charge is 2.10. The van der Waals surface area contributed by atoms with Crippen molar-refractivity contribution in [2.24, 2.45) is 0 Å². The molecule has 1 aromatic heterocycles. The number of anilines is 1. The third kappa shape index (κ3) is 2.23. The second-order valence-electron chi connectivity index (χ2n) is 3.56. The number of nitriles is 1. The van der Waals surface area contributed by atoms with Crippen LogP contribution >= 0.6 is 0 Å². The first-order valence-electron chi connectivity index (χ1n) is 5.30. The number of fused-ring (bicyclic) bond motifs is 1. The van der Waals surface area contributed by atoms with Crippen molar-refractivity contribution in [1.82, 2.24) is 4.98 Å². The van der Waals surface area contributed by atoms with Crippen LogP contribution in [0.25, 0.3) is 10.9 Å². The van der Waals surface area contributed by atoms with Crippen molar-refractivity contribution in [2.75, 3.05) is 12.3 Å². The van der Waals surface area contributed by atoms with Gasteiger partial charge in [-0.2, -0.15) is 5.26 Å². The summed E-state index contributed by atoms with van der Waals surface area (Å²) in [6, 6.07) is 7.45. The van der Waals surface area contributed by atoms with Gasteiger partial charge in [0, 0.05) is 16.5 Å². The minimum absolute atomic E-state index is 0.283. The lowest BCUT2D eigenvalue weighted by molar-refractivity contribution is -0.300. The lowest BCUT2D eigenvalue weighted by Gasteiger charge is -2.01. The van der Waals surface area contributed by atoms with E-state index < -0.39 is 0 Å². The van der Waals surface area contributed by atoms with Crippen molar-refractivity contribution in [3.8, 4) is 6.07 Å². The number of hydrogen-bond acceptors (Lipinski definition) is 4. The number of benzene rings is 1. The predicted molar refractivity (Wildman–Crippen MR) is 63.8 cm³/mol. The lowest BCUT2D eigenvalue weighted by Crippen LogP contribution is -1.97. The van der Waals surface area contributed by atoms with E-state index in [0.29, 0.717) is 18.0 Å². The van der Waals surface area contributed by atoms with E-state index in [2.05, 4.69) is 11.1 Å². The molecule has 0 atom stereocenters. The minimum Gasteiger partial charge on any atom is -0.385 e. The maximum absolute atomic E-state index is 8.81. The Bertz CT molecular complexity index is 569. The molecule has 1 heterocycles. The highest BCUT2D eigenvalue weighted by atomic mass is 17.2. The van der Waals surface area contributed by atoms with E-state index >= 15 is 0 Å². The number of rotatable bonds is 4. The molecule has 2 aromatic rings. The Morgan fingerprint density at radius 2 is 2.24 bits per heavy atom. The molecule has 0 saturated carbocycles. The van der Waals surface area contributed by atoms with Crippen LogP contribution < -0.4 is 5.73 Å². The van der Waals surface area contributed by atoms with E-state index in [1.165, 1.54) is 0 Å². The van der Waals surface area contributed by atoms with Gasteiger partial charge in [0.25, 0.3) is 0 Å². The molecule has 0 saturated heterocycles. The third-order valence-electron chi connectivity index (χ3n) is 2.47. The molecular weight excluding hydrogens is 218 g/mol. The molecule has 0 unspecified atom stereocenters. The Balaban J connectivity index is 2.36. The number of aromatic nitrogens is 1. The second kappa shape index (κ2) is 4.87. The Morgan fingerprint density at radius 1 is 1.41 bits per heavy atom. The van der Waals surface area contributed by atoms with Crippen LogP contribution in [0.4, 0.5) is 5.82 Å². The van der Waals surface area contributed by atoms with Gasteiger partial charge in [0.2, 0.25) is 0 Å². The molecule has 1 aromatic carbocycles. The Labute approximate surface area is 98.7 Å². The Morgan fingerprint density at radius 3 is 2.94 bits per heavy atom. The van der Waals surface area contributed by atoms with Gasteiger partial charge < -0.3 is 10.7 Å². The standard InChI is InChI=1S/C12H13N3O2/c1-2-16-17-7-10-9-4-3-8(6-13)5-11(9)15-12(10)14/h3-5,15H,2,7,14H2,1H3. The van der Waals surface area contributed by atoms with Crippen LogP contribution in [0.3, 0.4) is 0 Å². The molecule has 0 amide bonds. The van der Waals surface area contributed by atoms with E-state index in [-0.39, 0.29) is 6.61 Å². The summed E-state index contributed by atoms with van der Waals surface area (Å²) in [7, 11) is 0. The number of nitrogens with one attached hydrogen (secondary N) is 1. The van der Waals surface area contributed by atoms with E-state index in [9.17, 15) is 0 Å². The van der Waals surface area contributed by atoms with Gasteiger partial charge >= 0.3 is 0 Å². The highest BCUT2D eigenvalue weighted by molar-refractivity contribution is 5.89. The molecule has 2 rings (SSSR count). The summed E-state index contributed by atoms with van der Waals surface area (Å²) in [5.41, 5.74) is 8.12. The van der Waals surface area contributed by atoms with Gasteiger partial charge in [0.1, 0.15) is 12.4 Å². The summed E-state index contributed by atoms with van der Waals surface area (Å²) in [6.07, 6.45) is 0. The molecular formula is C12H13N3O2. The average Bonchev–Trinajstić information content (AvgIpc) is 2.65. The Kier molecular flexibility index (Phi) is 3.28. The minimum atomic E-state index is 0.283. The maximum Gasteiger partial charge on any atom is 0.111 e. The average molecular weight is 231 g/mol. The zero-order valence-electron chi connectivity index (χ0n) is 9.49. The fourth-order valence-electron chi connectivity index (χ4n) is 1.69. The van der Waals surface area contributed by atoms with E-state index in [4.69, 9.17) is 20.8 Å². The lowest BCUT2D eigenvalue weighted by atomic mass is 10.1. The maximum atomic E-state index is 8.81. The molecule has 5 nitrogen and oxygen atoms in total. The molecule has 0 aliphatic carbocycles. The van der Waals surface area contributed by atoms with E-state index in [1.807, 2.05) is 13.0 Å². The summed E-state index contributed by atoms with van der Waals surface area (Å²) in [5, 5.41) is 9.75. The predicted octanol–water partition coefficient (Wildman–Crippen LogP) is 2.09. The molecule has 3 N–H and O–H groups in total. The number of H-pyrrole nitrogens is 1. The molecule has 88 valence electrons. The molecule has 17 heavy (non-hydrogen) atoms. The fraction of sp³-hybridized carbons (Fsp3) is 0.250. The van der Waals surface area contributed by atoms with Crippen molar-refractivity contribution >= 4 is 16.7 Å². The van der Waals surface area contributed by atoms with Crippen LogP contribution in [0.2, 0.25) is 0 Å². The highest BCUT2D eigenvalue weighted by Crippen LogP contribution is 2.25. The number of nitrogens with two attached hydrogens (primary N) is 1. The van der Waals surface area contributed by atoms with Gasteiger partial charge in [-0.3, -0.25) is 0 Å². The number of aromatic amines is 1. The number of hydrogen-bond donors (Lipinski definition) is 2.